The molecule has 8 nitrogen and oxygen atoms in total. The Kier molecular flexibility index (Phi) is 5.45. The van der Waals surface area contributed by atoms with E-state index in [2.05, 4.69) is 4.99 Å². The quantitative estimate of drug-likeness (QED) is 0.761. The monoisotopic (exact) mass is 424 g/mol. The van der Waals surface area contributed by atoms with Gasteiger partial charge in [0, 0.05) is 18.1 Å². The highest BCUT2D eigenvalue weighted by molar-refractivity contribution is 8.14. The molecule has 0 aromatic heterocycles. The lowest BCUT2D eigenvalue weighted by Crippen LogP contribution is -2.45. The maximum Gasteiger partial charge on any atom is 0.271 e. The van der Waals surface area contributed by atoms with Crippen LogP contribution in [0.2, 0.25) is 0 Å². The summed E-state index contributed by atoms with van der Waals surface area (Å²) in [5.74, 6) is 0.823. The first-order chi connectivity index (χ1) is 14.5. The fraction of sp³-hybridized carbons (Fsp3) is 0.238. The number of carbonyl (C=O) groups is 2. The summed E-state index contributed by atoms with van der Waals surface area (Å²) < 4.78 is 10.8. The van der Waals surface area contributed by atoms with Crippen molar-refractivity contribution in [3.05, 3.63) is 53.6 Å². The molecule has 154 valence electrons. The molecular formula is C21H20N4O4S. The van der Waals surface area contributed by atoms with E-state index in [-0.39, 0.29) is 11.7 Å². The van der Waals surface area contributed by atoms with Crippen LogP contribution in [0.4, 0.5) is 5.69 Å². The Balaban J connectivity index is 1.79. The number of nitrogens with two attached hydrogens (primary N) is 1. The maximum atomic E-state index is 12.9. The molecule has 4 rings (SSSR count). The van der Waals surface area contributed by atoms with Crippen molar-refractivity contribution in [1.82, 2.24) is 4.90 Å². The predicted molar refractivity (Wildman–Crippen MR) is 116 cm³/mol. The van der Waals surface area contributed by atoms with Crippen LogP contribution in [-0.4, -0.2) is 53.7 Å². The van der Waals surface area contributed by atoms with E-state index in [0.717, 1.165) is 5.56 Å². The lowest BCUT2D eigenvalue weighted by Gasteiger charge is -2.31. The first kappa shape index (κ1) is 20.0. The van der Waals surface area contributed by atoms with Crippen LogP contribution >= 0.6 is 11.8 Å². The second kappa shape index (κ2) is 8.19. The number of benzene rings is 2. The molecule has 2 N–H and O–H groups in total. The van der Waals surface area contributed by atoms with Crippen molar-refractivity contribution in [3.8, 4) is 11.5 Å². The third kappa shape index (κ3) is 3.63. The molecule has 0 saturated carbocycles. The van der Waals surface area contributed by atoms with Crippen molar-refractivity contribution < 1.29 is 19.1 Å². The number of hydrogen-bond acceptors (Lipinski definition) is 7. The highest BCUT2D eigenvalue weighted by atomic mass is 32.2. The molecule has 2 amide bonds. The fourth-order valence-electron chi connectivity index (χ4n) is 3.45. The van der Waals surface area contributed by atoms with Crippen molar-refractivity contribution in [3.63, 3.8) is 0 Å². The zero-order valence-electron chi connectivity index (χ0n) is 16.5. The molecule has 0 fully saturated rings. The van der Waals surface area contributed by atoms with Crippen LogP contribution < -0.4 is 15.2 Å². The fourth-order valence-corrected chi connectivity index (χ4v) is 4.24. The van der Waals surface area contributed by atoms with E-state index >= 15 is 0 Å². The molecule has 0 bridgehead atoms. The molecule has 2 aliphatic heterocycles. The van der Waals surface area contributed by atoms with Crippen molar-refractivity contribution >= 4 is 40.3 Å². The summed E-state index contributed by atoms with van der Waals surface area (Å²) in [5.41, 5.74) is 7.60. The number of ether oxygens (including phenoxy) is 2. The molecule has 0 saturated heterocycles. The molecule has 30 heavy (non-hydrogen) atoms. The Morgan fingerprint density at radius 3 is 2.50 bits per heavy atom. The summed E-state index contributed by atoms with van der Waals surface area (Å²) >= 11 is 1.18. The summed E-state index contributed by atoms with van der Waals surface area (Å²) in [6, 6.07) is 12.6. The van der Waals surface area contributed by atoms with Crippen molar-refractivity contribution in [2.45, 2.75) is 12.5 Å². The Labute approximate surface area is 177 Å². The van der Waals surface area contributed by atoms with E-state index in [9.17, 15) is 9.59 Å². The van der Waals surface area contributed by atoms with Gasteiger partial charge in [-0.25, -0.2) is 4.99 Å². The van der Waals surface area contributed by atoms with Gasteiger partial charge >= 0.3 is 0 Å². The van der Waals surface area contributed by atoms with Gasteiger partial charge in [0.05, 0.1) is 25.7 Å². The number of rotatable bonds is 6. The molecule has 1 atom stereocenters. The smallest absolute Gasteiger partial charge is 0.271 e. The highest BCUT2D eigenvalue weighted by Gasteiger charge is 2.42. The number of primary amides is 1. The molecule has 2 aromatic rings. The van der Waals surface area contributed by atoms with E-state index in [4.69, 9.17) is 20.2 Å². The van der Waals surface area contributed by atoms with Gasteiger partial charge in [0.25, 0.3) is 5.91 Å². The van der Waals surface area contributed by atoms with Gasteiger partial charge in [0.1, 0.15) is 11.9 Å². The van der Waals surface area contributed by atoms with Crippen molar-refractivity contribution in [2.75, 3.05) is 20.0 Å². The SMILES string of the molecule is COc1cc2c(cc1OC)C1=NC(=O)[C@H](Cc3ccccc3)N1C(SCC(N)=O)=N2. The molecule has 2 heterocycles. The molecule has 0 unspecified atom stereocenters. The van der Waals surface area contributed by atoms with E-state index < -0.39 is 11.9 Å². The van der Waals surface area contributed by atoms with E-state index in [1.54, 1.807) is 31.3 Å². The van der Waals surface area contributed by atoms with Gasteiger partial charge < -0.3 is 15.2 Å². The molecular weight excluding hydrogens is 404 g/mol. The van der Waals surface area contributed by atoms with Crippen LogP contribution in [-0.2, 0) is 16.0 Å². The van der Waals surface area contributed by atoms with Gasteiger partial charge in [-0.3, -0.25) is 14.5 Å². The topological polar surface area (TPSA) is 107 Å². The standard InChI is InChI=1S/C21H20N4O4S/c1-28-16-9-13-14(10-17(16)29-2)23-21(30-11-18(22)26)25-15(20(27)24-19(13)25)8-12-6-4-3-5-7-12/h3-7,9-10,15H,8,11H2,1-2H3,(H2,22,26)/t15-/m0/s1. The minimum atomic E-state index is -0.553. The van der Waals surface area contributed by atoms with E-state index in [1.165, 1.54) is 11.8 Å². The van der Waals surface area contributed by atoms with E-state index in [0.29, 0.717) is 40.2 Å². The molecule has 0 radical (unpaired) electrons. The minimum Gasteiger partial charge on any atom is -0.493 e. The maximum absolute atomic E-state index is 12.9. The van der Waals surface area contributed by atoms with Gasteiger partial charge in [0.2, 0.25) is 5.91 Å². The number of hydrogen-bond donors (Lipinski definition) is 1. The lowest BCUT2D eigenvalue weighted by atomic mass is 10.0. The molecule has 0 aliphatic carbocycles. The summed E-state index contributed by atoms with van der Waals surface area (Å²) in [5, 5.41) is 0.499. The third-order valence-electron chi connectivity index (χ3n) is 4.82. The number of amides is 2. The largest absolute Gasteiger partial charge is 0.493 e. The Morgan fingerprint density at radius 1 is 1.13 bits per heavy atom. The lowest BCUT2D eigenvalue weighted by molar-refractivity contribution is -0.119. The average Bonchev–Trinajstić information content (AvgIpc) is 3.08. The number of amidine groups is 2. The summed E-state index contributed by atoms with van der Waals surface area (Å²) in [6.07, 6.45) is 0.464. The highest BCUT2D eigenvalue weighted by Crippen LogP contribution is 2.41. The zero-order valence-corrected chi connectivity index (χ0v) is 17.3. The van der Waals surface area contributed by atoms with Crippen LogP contribution in [0.3, 0.4) is 0 Å². The minimum absolute atomic E-state index is 0.0392. The van der Waals surface area contributed by atoms with Crippen molar-refractivity contribution in [1.29, 1.82) is 0 Å². The second-order valence-electron chi connectivity index (χ2n) is 6.72. The van der Waals surface area contributed by atoms with E-state index in [1.807, 2.05) is 30.3 Å². The summed E-state index contributed by atoms with van der Waals surface area (Å²) in [7, 11) is 3.08. The van der Waals surface area contributed by atoms with Crippen LogP contribution in [0.25, 0.3) is 0 Å². The first-order valence-corrected chi connectivity index (χ1v) is 10.2. The number of carbonyl (C=O) groups excluding carboxylic acids is 2. The van der Waals surface area contributed by atoms with Crippen LogP contribution in [0.1, 0.15) is 11.1 Å². The van der Waals surface area contributed by atoms with Crippen LogP contribution in [0, 0.1) is 0 Å². The Hall–Kier alpha value is -3.33. The van der Waals surface area contributed by atoms with Crippen LogP contribution in [0.15, 0.2) is 52.4 Å². The molecule has 0 spiro atoms. The number of nitrogens with zero attached hydrogens (tertiary/aromatic N) is 3. The van der Waals surface area contributed by atoms with Gasteiger partial charge in [-0.1, -0.05) is 42.1 Å². The van der Waals surface area contributed by atoms with Crippen molar-refractivity contribution in [2.24, 2.45) is 15.7 Å². The Bertz CT molecular complexity index is 1070. The van der Waals surface area contributed by atoms with Gasteiger partial charge in [-0.05, 0) is 11.6 Å². The second-order valence-corrected chi connectivity index (χ2v) is 7.67. The van der Waals surface area contributed by atoms with Gasteiger partial charge in [0.15, 0.2) is 16.7 Å². The molecule has 2 aromatic carbocycles. The Morgan fingerprint density at radius 2 is 1.83 bits per heavy atom. The predicted octanol–water partition coefficient (Wildman–Crippen LogP) is 2.12. The average molecular weight is 424 g/mol. The summed E-state index contributed by atoms with van der Waals surface area (Å²) in [6.45, 7) is 0. The number of methoxy groups -OCH3 is 2. The normalized spacial score (nSPS) is 17.1. The number of thioether (sulfide) groups is 1. The zero-order chi connectivity index (χ0) is 21.3. The van der Waals surface area contributed by atoms with Crippen LogP contribution in [0.5, 0.6) is 11.5 Å². The molecule has 9 heteroatoms. The van der Waals surface area contributed by atoms with Gasteiger partial charge in [-0.15, -0.1) is 0 Å². The first-order valence-electron chi connectivity index (χ1n) is 9.23. The number of aliphatic imine (C=N–C) groups is 2. The third-order valence-corrected chi connectivity index (χ3v) is 5.80. The molecule has 2 aliphatic rings. The summed E-state index contributed by atoms with van der Waals surface area (Å²) in [4.78, 5) is 35.1. The number of fused-ring (bicyclic) bond motifs is 3. The van der Waals surface area contributed by atoms with Gasteiger partial charge in [-0.2, -0.15) is 4.99 Å².